The van der Waals surface area contributed by atoms with Gasteiger partial charge in [-0.3, -0.25) is 9.59 Å². The first-order chi connectivity index (χ1) is 12.9. The first-order valence-corrected chi connectivity index (χ1v) is 9.45. The van der Waals surface area contributed by atoms with Gasteiger partial charge in [0.05, 0.1) is 6.10 Å². The van der Waals surface area contributed by atoms with Crippen molar-refractivity contribution in [2.24, 2.45) is 0 Å². The maximum absolute atomic E-state index is 12.2. The Morgan fingerprint density at radius 3 is 2.44 bits per heavy atom. The molecule has 0 unspecified atom stereocenters. The molecule has 0 aliphatic rings. The number of ether oxygens (including phenoxy) is 1. The lowest BCUT2D eigenvalue weighted by Gasteiger charge is -2.12. The summed E-state index contributed by atoms with van der Waals surface area (Å²) in [5, 5.41) is 11.0. The summed E-state index contributed by atoms with van der Waals surface area (Å²) in [4.78, 5) is 26.8. The number of carbonyl (C=O) groups excluding carboxylic acids is 1. The van der Waals surface area contributed by atoms with Crippen molar-refractivity contribution < 1.29 is 9.53 Å². The molecule has 2 atom stereocenters. The molecule has 0 saturated heterocycles. The van der Waals surface area contributed by atoms with Crippen LogP contribution in [0.15, 0.2) is 29.1 Å². The van der Waals surface area contributed by atoms with Crippen molar-refractivity contribution >= 4 is 5.91 Å². The number of carbonyl (C=O) groups is 1. The summed E-state index contributed by atoms with van der Waals surface area (Å²) >= 11 is 0. The van der Waals surface area contributed by atoms with Crippen LogP contribution in [0.1, 0.15) is 52.7 Å². The van der Waals surface area contributed by atoms with Crippen LogP contribution in [0.3, 0.4) is 0 Å². The quantitative estimate of drug-likeness (QED) is 0.705. The molecule has 7 nitrogen and oxygen atoms in total. The predicted octanol–water partition coefficient (Wildman–Crippen LogP) is 2.86. The largest absolute Gasteiger partial charge is 0.491 e. The van der Waals surface area contributed by atoms with Gasteiger partial charge in [-0.25, -0.2) is 0 Å². The molecule has 27 heavy (non-hydrogen) atoms. The number of amides is 1. The molecule has 0 bridgehead atoms. The Hall–Kier alpha value is -2.70. The predicted molar refractivity (Wildman–Crippen MR) is 105 cm³/mol. The average molecular weight is 372 g/mol. The van der Waals surface area contributed by atoms with Crippen LogP contribution < -0.4 is 15.6 Å². The summed E-state index contributed by atoms with van der Waals surface area (Å²) in [5.41, 5.74) is 0.684. The van der Waals surface area contributed by atoms with Crippen molar-refractivity contribution in [3.63, 3.8) is 0 Å². The third-order valence-electron chi connectivity index (χ3n) is 4.41. The maximum atomic E-state index is 12.2. The molecule has 0 fully saturated rings. The lowest BCUT2D eigenvalue weighted by atomic mass is 10.2. The number of nitrogens with zero attached hydrogens (tertiary/aromatic N) is 2. The molecule has 0 aliphatic heterocycles. The number of H-pyrrole nitrogens is 1. The molecule has 2 aromatic rings. The highest BCUT2D eigenvalue weighted by Gasteiger charge is 2.11. The number of benzene rings is 1. The zero-order valence-electron chi connectivity index (χ0n) is 16.4. The molecule has 1 heterocycles. The van der Waals surface area contributed by atoms with Crippen molar-refractivity contribution in [2.75, 3.05) is 0 Å². The SMILES string of the molecule is CC[C@@H](C)NC(=O)CCc1nnc(-c2ccc(O[C@@H](C)CC)cc2)[nH]c1=O. The van der Waals surface area contributed by atoms with E-state index >= 15 is 0 Å². The van der Waals surface area contributed by atoms with Gasteiger partial charge in [0, 0.05) is 24.4 Å². The fourth-order valence-electron chi connectivity index (χ4n) is 2.34. The van der Waals surface area contributed by atoms with Gasteiger partial charge in [-0.2, -0.15) is 0 Å². The van der Waals surface area contributed by atoms with Crippen LogP contribution in [-0.2, 0) is 11.2 Å². The molecule has 2 N–H and O–H groups in total. The minimum Gasteiger partial charge on any atom is -0.491 e. The molecule has 1 aromatic carbocycles. The Morgan fingerprint density at radius 1 is 1.15 bits per heavy atom. The summed E-state index contributed by atoms with van der Waals surface area (Å²) in [6, 6.07) is 7.47. The number of hydrogen-bond acceptors (Lipinski definition) is 5. The fourth-order valence-corrected chi connectivity index (χ4v) is 2.34. The summed E-state index contributed by atoms with van der Waals surface area (Å²) in [6.07, 6.45) is 2.40. The number of hydrogen-bond donors (Lipinski definition) is 2. The van der Waals surface area contributed by atoms with Gasteiger partial charge in [0.15, 0.2) is 5.82 Å². The van der Waals surface area contributed by atoms with Gasteiger partial charge < -0.3 is 15.0 Å². The van der Waals surface area contributed by atoms with Crippen molar-refractivity contribution in [3.05, 3.63) is 40.3 Å². The summed E-state index contributed by atoms with van der Waals surface area (Å²) in [7, 11) is 0. The van der Waals surface area contributed by atoms with E-state index in [0.29, 0.717) is 5.82 Å². The highest BCUT2D eigenvalue weighted by atomic mass is 16.5. The van der Waals surface area contributed by atoms with Crippen LogP contribution >= 0.6 is 0 Å². The molecule has 1 aromatic heterocycles. The Balaban J connectivity index is 2.01. The standard InChI is InChI=1S/C20H28N4O3/c1-5-13(3)21-18(25)12-11-17-20(26)22-19(24-23-17)15-7-9-16(10-8-15)27-14(4)6-2/h7-10,13-14H,5-6,11-12H2,1-4H3,(H,21,25)(H,22,24,26)/t13-,14+/m1/s1. The summed E-state index contributed by atoms with van der Waals surface area (Å²) < 4.78 is 5.74. The van der Waals surface area contributed by atoms with Crippen LogP contribution in [-0.4, -0.2) is 33.2 Å². The smallest absolute Gasteiger partial charge is 0.273 e. The second-order valence-electron chi connectivity index (χ2n) is 6.69. The van der Waals surface area contributed by atoms with E-state index in [4.69, 9.17) is 4.74 Å². The lowest BCUT2D eigenvalue weighted by molar-refractivity contribution is -0.121. The Bertz CT molecular complexity index is 802. The number of aryl methyl sites for hydroxylation is 1. The first kappa shape index (κ1) is 20.6. The van der Waals surface area contributed by atoms with Crippen molar-refractivity contribution in [1.82, 2.24) is 20.5 Å². The topological polar surface area (TPSA) is 97.0 Å². The molecule has 0 radical (unpaired) electrons. The van der Waals surface area contributed by atoms with Gasteiger partial charge in [-0.05, 0) is 51.0 Å². The van der Waals surface area contributed by atoms with E-state index < -0.39 is 0 Å². The number of aromatic amines is 1. The normalized spacial score (nSPS) is 13.0. The highest BCUT2D eigenvalue weighted by molar-refractivity contribution is 5.76. The molecule has 0 saturated carbocycles. The molecule has 0 aliphatic carbocycles. The van der Waals surface area contributed by atoms with E-state index in [1.165, 1.54) is 0 Å². The van der Waals surface area contributed by atoms with Gasteiger partial charge in [0.2, 0.25) is 5.91 Å². The molecule has 146 valence electrons. The second kappa shape index (κ2) is 9.85. The zero-order valence-corrected chi connectivity index (χ0v) is 16.4. The van der Waals surface area contributed by atoms with Gasteiger partial charge in [0.1, 0.15) is 11.4 Å². The summed E-state index contributed by atoms with van der Waals surface area (Å²) in [6.45, 7) is 8.02. The third-order valence-corrected chi connectivity index (χ3v) is 4.41. The average Bonchev–Trinajstić information content (AvgIpc) is 2.67. The van der Waals surface area contributed by atoms with Crippen LogP contribution in [0.2, 0.25) is 0 Å². The van der Waals surface area contributed by atoms with E-state index in [2.05, 4.69) is 27.4 Å². The van der Waals surface area contributed by atoms with E-state index in [1.54, 1.807) is 0 Å². The molecule has 7 heteroatoms. The number of aromatic nitrogens is 3. The van der Waals surface area contributed by atoms with E-state index in [0.717, 1.165) is 24.2 Å². The van der Waals surface area contributed by atoms with Crippen molar-refractivity contribution in [2.45, 2.75) is 65.5 Å². The second-order valence-corrected chi connectivity index (χ2v) is 6.69. The van der Waals surface area contributed by atoms with E-state index in [1.807, 2.05) is 45.0 Å². The molecule has 0 spiro atoms. The van der Waals surface area contributed by atoms with Crippen LogP contribution in [0, 0.1) is 0 Å². The maximum Gasteiger partial charge on any atom is 0.273 e. The van der Waals surface area contributed by atoms with Crippen LogP contribution in [0.4, 0.5) is 0 Å². The van der Waals surface area contributed by atoms with E-state index in [-0.39, 0.29) is 42.1 Å². The minimum absolute atomic E-state index is 0.0912. The monoisotopic (exact) mass is 372 g/mol. The van der Waals surface area contributed by atoms with Crippen molar-refractivity contribution in [1.29, 1.82) is 0 Å². The van der Waals surface area contributed by atoms with Crippen LogP contribution in [0.5, 0.6) is 5.75 Å². The third kappa shape index (κ3) is 6.20. The fraction of sp³-hybridized carbons (Fsp3) is 0.500. The van der Waals surface area contributed by atoms with Crippen molar-refractivity contribution in [3.8, 4) is 17.1 Å². The Kier molecular flexibility index (Phi) is 7.52. The zero-order chi connectivity index (χ0) is 19.8. The molecular weight excluding hydrogens is 344 g/mol. The first-order valence-electron chi connectivity index (χ1n) is 9.45. The summed E-state index contributed by atoms with van der Waals surface area (Å²) in [5.74, 6) is 1.07. The van der Waals surface area contributed by atoms with Gasteiger partial charge in [-0.15, -0.1) is 10.2 Å². The van der Waals surface area contributed by atoms with E-state index in [9.17, 15) is 9.59 Å². The minimum atomic E-state index is -0.323. The Morgan fingerprint density at radius 2 is 1.85 bits per heavy atom. The van der Waals surface area contributed by atoms with Gasteiger partial charge >= 0.3 is 0 Å². The Labute approximate surface area is 159 Å². The van der Waals surface area contributed by atoms with Crippen LogP contribution in [0.25, 0.3) is 11.4 Å². The molecular formula is C20H28N4O3. The molecule has 2 rings (SSSR count). The number of nitrogens with one attached hydrogen (secondary N) is 2. The lowest BCUT2D eigenvalue weighted by Crippen LogP contribution is -2.32. The van der Waals surface area contributed by atoms with Gasteiger partial charge in [0.25, 0.3) is 5.56 Å². The number of rotatable bonds is 9. The molecule has 1 amide bonds. The highest BCUT2D eigenvalue weighted by Crippen LogP contribution is 2.19. The van der Waals surface area contributed by atoms with Gasteiger partial charge in [-0.1, -0.05) is 13.8 Å².